The summed E-state index contributed by atoms with van der Waals surface area (Å²) in [4.78, 5) is 12.5. The lowest BCUT2D eigenvalue weighted by Gasteiger charge is -2.24. The SMILES string of the molecule is COc1ccc(Cl)c(Cl)c1[C@H]1C[C@@H](C(O)CO)N(C(=O)O)C1. The van der Waals surface area contributed by atoms with Crippen molar-refractivity contribution in [3.63, 3.8) is 0 Å². The van der Waals surface area contributed by atoms with Crippen LogP contribution < -0.4 is 4.74 Å². The van der Waals surface area contributed by atoms with Gasteiger partial charge in [-0.05, 0) is 18.6 Å². The number of aliphatic hydroxyl groups excluding tert-OH is 2. The average molecular weight is 350 g/mol. The summed E-state index contributed by atoms with van der Waals surface area (Å²) in [6.07, 6.45) is -1.98. The highest BCUT2D eigenvalue weighted by atomic mass is 35.5. The van der Waals surface area contributed by atoms with Gasteiger partial charge in [0.1, 0.15) is 5.75 Å². The number of halogens is 2. The molecule has 1 unspecified atom stereocenters. The molecule has 1 aromatic rings. The van der Waals surface area contributed by atoms with Crippen molar-refractivity contribution in [3.05, 3.63) is 27.7 Å². The Morgan fingerprint density at radius 1 is 1.50 bits per heavy atom. The van der Waals surface area contributed by atoms with Crippen LogP contribution in [0.5, 0.6) is 5.75 Å². The predicted octanol–water partition coefficient (Wildman–Crippen LogP) is 2.19. The molecule has 0 bridgehead atoms. The van der Waals surface area contributed by atoms with Gasteiger partial charge in [-0.3, -0.25) is 0 Å². The van der Waals surface area contributed by atoms with E-state index in [2.05, 4.69) is 0 Å². The third-order valence-corrected chi connectivity index (χ3v) is 4.76. The van der Waals surface area contributed by atoms with E-state index in [0.29, 0.717) is 27.8 Å². The fourth-order valence-electron chi connectivity index (χ4n) is 2.89. The number of methoxy groups -OCH3 is 1. The van der Waals surface area contributed by atoms with Gasteiger partial charge in [-0.25, -0.2) is 4.79 Å². The van der Waals surface area contributed by atoms with Gasteiger partial charge in [-0.1, -0.05) is 23.2 Å². The molecule has 0 aromatic heterocycles. The highest BCUT2D eigenvalue weighted by molar-refractivity contribution is 6.42. The Balaban J connectivity index is 2.39. The quantitative estimate of drug-likeness (QED) is 0.775. The minimum Gasteiger partial charge on any atom is -0.496 e. The molecular weight excluding hydrogens is 333 g/mol. The lowest BCUT2D eigenvalue weighted by Crippen LogP contribution is -2.43. The third kappa shape index (κ3) is 3.10. The van der Waals surface area contributed by atoms with E-state index >= 15 is 0 Å². The van der Waals surface area contributed by atoms with Crippen molar-refractivity contribution in [2.24, 2.45) is 0 Å². The van der Waals surface area contributed by atoms with Crippen LogP contribution in [-0.4, -0.2) is 58.7 Å². The summed E-state index contributed by atoms with van der Waals surface area (Å²) >= 11 is 12.3. The summed E-state index contributed by atoms with van der Waals surface area (Å²) in [5, 5.41) is 28.9. The topological polar surface area (TPSA) is 90.2 Å². The molecule has 3 N–H and O–H groups in total. The molecule has 1 saturated heterocycles. The normalized spacial score (nSPS) is 22.7. The second kappa shape index (κ2) is 6.91. The second-order valence-corrected chi connectivity index (χ2v) is 5.95. The largest absolute Gasteiger partial charge is 0.496 e. The molecule has 3 atom stereocenters. The first kappa shape index (κ1) is 17.1. The number of carboxylic acid groups (broad SMARTS) is 1. The fraction of sp³-hybridized carbons (Fsp3) is 0.500. The number of aliphatic hydroxyl groups is 2. The molecule has 1 aromatic carbocycles. The number of amides is 1. The maximum absolute atomic E-state index is 11.4. The van der Waals surface area contributed by atoms with Gasteiger partial charge >= 0.3 is 6.09 Å². The molecule has 1 aliphatic rings. The number of benzene rings is 1. The van der Waals surface area contributed by atoms with Crippen molar-refractivity contribution >= 4 is 29.3 Å². The van der Waals surface area contributed by atoms with E-state index < -0.39 is 24.8 Å². The number of ether oxygens (including phenoxy) is 1. The molecule has 1 amide bonds. The van der Waals surface area contributed by atoms with Gasteiger partial charge in [0.2, 0.25) is 0 Å². The van der Waals surface area contributed by atoms with Crippen molar-refractivity contribution in [3.8, 4) is 5.75 Å². The molecule has 0 saturated carbocycles. The van der Waals surface area contributed by atoms with Gasteiger partial charge in [0.05, 0.1) is 35.9 Å². The van der Waals surface area contributed by atoms with E-state index in [-0.39, 0.29) is 12.5 Å². The number of rotatable bonds is 4. The van der Waals surface area contributed by atoms with E-state index in [9.17, 15) is 15.0 Å². The molecular formula is C14H17Cl2NO5. The van der Waals surface area contributed by atoms with Crippen LogP contribution in [0.25, 0.3) is 0 Å². The van der Waals surface area contributed by atoms with Crippen molar-refractivity contribution < 1.29 is 24.9 Å². The molecule has 2 rings (SSSR count). The molecule has 0 radical (unpaired) electrons. The van der Waals surface area contributed by atoms with E-state index in [4.69, 9.17) is 33.0 Å². The monoisotopic (exact) mass is 349 g/mol. The van der Waals surface area contributed by atoms with E-state index in [0.717, 1.165) is 4.90 Å². The van der Waals surface area contributed by atoms with E-state index in [1.54, 1.807) is 12.1 Å². The van der Waals surface area contributed by atoms with Crippen LogP contribution in [0.3, 0.4) is 0 Å². The zero-order valence-corrected chi connectivity index (χ0v) is 13.4. The number of likely N-dealkylation sites (tertiary alicyclic amines) is 1. The van der Waals surface area contributed by atoms with Crippen molar-refractivity contribution in [2.45, 2.75) is 24.5 Å². The summed E-state index contributed by atoms with van der Waals surface area (Å²) in [6.45, 7) is -0.366. The molecule has 1 heterocycles. The highest BCUT2D eigenvalue weighted by Crippen LogP contribution is 2.43. The van der Waals surface area contributed by atoms with E-state index in [1.165, 1.54) is 7.11 Å². The highest BCUT2D eigenvalue weighted by Gasteiger charge is 2.41. The van der Waals surface area contributed by atoms with Gasteiger partial charge in [0.25, 0.3) is 0 Å². The zero-order valence-electron chi connectivity index (χ0n) is 11.9. The van der Waals surface area contributed by atoms with Crippen molar-refractivity contribution in [2.75, 3.05) is 20.3 Å². The first-order chi connectivity index (χ1) is 10.4. The molecule has 22 heavy (non-hydrogen) atoms. The first-order valence-electron chi connectivity index (χ1n) is 6.71. The fourth-order valence-corrected chi connectivity index (χ4v) is 3.36. The second-order valence-electron chi connectivity index (χ2n) is 5.16. The number of hydrogen-bond acceptors (Lipinski definition) is 4. The Hall–Kier alpha value is -1.21. The molecule has 1 fully saturated rings. The molecule has 1 aliphatic heterocycles. The number of carbonyl (C=O) groups is 1. The van der Waals surface area contributed by atoms with Gasteiger partial charge in [-0.15, -0.1) is 0 Å². The Kier molecular flexibility index (Phi) is 5.39. The Morgan fingerprint density at radius 2 is 2.18 bits per heavy atom. The summed E-state index contributed by atoms with van der Waals surface area (Å²) < 4.78 is 5.29. The van der Waals surface area contributed by atoms with Crippen molar-refractivity contribution in [1.82, 2.24) is 4.90 Å². The third-order valence-electron chi connectivity index (χ3n) is 3.94. The van der Waals surface area contributed by atoms with Crippen LogP contribution in [-0.2, 0) is 0 Å². The lowest BCUT2D eigenvalue weighted by molar-refractivity contribution is 0.0295. The lowest BCUT2D eigenvalue weighted by atomic mass is 9.94. The van der Waals surface area contributed by atoms with Crippen LogP contribution in [0.15, 0.2) is 12.1 Å². The summed E-state index contributed by atoms with van der Waals surface area (Å²) in [7, 11) is 1.49. The Bertz CT molecular complexity index is 568. The van der Waals surface area contributed by atoms with Gasteiger partial charge < -0.3 is 25.0 Å². The number of hydrogen-bond donors (Lipinski definition) is 3. The first-order valence-corrected chi connectivity index (χ1v) is 7.46. The summed E-state index contributed by atoms with van der Waals surface area (Å²) in [5.74, 6) is 0.243. The number of nitrogens with zero attached hydrogens (tertiary/aromatic N) is 1. The van der Waals surface area contributed by atoms with E-state index in [1.807, 2.05) is 0 Å². The molecule has 122 valence electrons. The molecule has 0 spiro atoms. The zero-order chi connectivity index (χ0) is 16.4. The minimum absolute atomic E-state index is 0.146. The smallest absolute Gasteiger partial charge is 0.407 e. The Labute approximate surface area is 137 Å². The summed E-state index contributed by atoms with van der Waals surface area (Å²) in [5.41, 5.74) is 0.621. The predicted molar refractivity (Wildman–Crippen MR) is 82.0 cm³/mol. The minimum atomic E-state index is -1.16. The molecule has 0 aliphatic carbocycles. The van der Waals surface area contributed by atoms with Crippen LogP contribution >= 0.6 is 23.2 Å². The van der Waals surface area contributed by atoms with Crippen molar-refractivity contribution in [1.29, 1.82) is 0 Å². The standard InChI is InChI=1S/C14H17Cl2NO5/c1-22-11-3-2-8(15)13(16)12(11)7-4-9(10(19)6-18)17(5-7)14(20)21/h2-3,7,9-10,18-19H,4-6H2,1H3,(H,20,21)/t7-,9-,10?/m0/s1. The maximum atomic E-state index is 11.4. The molecule has 6 nitrogen and oxygen atoms in total. The van der Waals surface area contributed by atoms with Crippen LogP contribution in [0.2, 0.25) is 10.0 Å². The summed E-state index contributed by atoms with van der Waals surface area (Å²) in [6, 6.07) is 2.58. The van der Waals surface area contributed by atoms with Gasteiger partial charge in [0, 0.05) is 18.0 Å². The average Bonchev–Trinajstić information content (AvgIpc) is 2.94. The van der Waals surface area contributed by atoms with Gasteiger partial charge in [-0.2, -0.15) is 0 Å². The van der Waals surface area contributed by atoms with Crippen LogP contribution in [0.1, 0.15) is 17.9 Å². The van der Waals surface area contributed by atoms with Crippen LogP contribution in [0, 0.1) is 0 Å². The van der Waals surface area contributed by atoms with Crippen LogP contribution in [0.4, 0.5) is 4.79 Å². The Morgan fingerprint density at radius 3 is 2.73 bits per heavy atom. The molecule has 8 heteroatoms. The maximum Gasteiger partial charge on any atom is 0.407 e. The van der Waals surface area contributed by atoms with Gasteiger partial charge in [0.15, 0.2) is 0 Å².